The Morgan fingerprint density at radius 2 is 1.91 bits per heavy atom. The smallest absolute Gasteiger partial charge is 0.188 e. The molecule has 0 amide bonds. The number of carbonyl (C=O) groups is 1. The van der Waals surface area contributed by atoms with Crippen LogP contribution < -0.4 is 9.80 Å². The molecule has 0 fully saturated rings. The van der Waals surface area contributed by atoms with E-state index in [4.69, 9.17) is 5.11 Å². The van der Waals surface area contributed by atoms with Crippen molar-refractivity contribution >= 4 is 17.2 Å². The van der Waals surface area contributed by atoms with E-state index in [1.165, 1.54) is 22.5 Å². The molecule has 3 rings (SSSR count). The molecule has 1 N–H and O–H groups in total. The van der Waals surface area contributed by atoms with Gasteiger partial charge in [0.25, 0.3) is 0 Å². The zero-order chi connectivity index (χ0) is 16.4. The quantitative estimate of drug-likeness (QED) is 0.862. The Morgan fingerprint density at radius 1 is 1.17 bits per heavy atom. The first kappa shape index (κ1) is 15.6. The fraction of sp³-hybridized carbons (Fsp3) is 0.316. The van der Waals surface area contributed by atoms with Gasteiger partial charge in [-0.25, -0.2) is 0 Å². The van der Waals surface area contributed by atoms with E-state index in [9.17, 15) is 4.79 Å². The van der Waals surface area contributed by atoms with E-state index in [1.54, 1.807) is 12.1 Å². The number of hydrogen-bond acceptors (Lipinski definition) is 4. The molecule has 0 spiro atoms. The largest absolute Gasteiger partial charge is 0.388 e. The van der Waals surface area contributed by atoms with Crippen molar-refractivity contribution < 1.29 is 9.90 Å². The number of fused-ring (bicyclic) bond motifs is 1. The maximum Gasteiger partial charge on any atom is 0.188 e. The Labute approximate surface area is 137 Å². The number of ketones is 1. The zero-order valence-corrected chi connectivity index (χ0v) is 13.6. The molecule has 0 unspecified atom stereocenters. The van der Waals surface area contributed by atoms with E-state index in [1.807, 2.05) is 12.1 Å². The standard InChI is InChI=1S/C19H22N2O2/c1-20(2)17-8-7-15-9-10-21(18(15)11-17)12-14-3-5-16(6-4-14)19(23)13-22/h3-8,11,22H,9-10,12-13H2,1-2H3. The van der Waals surface area contributed by atoms with E-state index >= 15 is 0 Å². The minimum absolute atomic E-state index is 0.237. The third kappa shape index (κ3) is 3.22. The molecule has 0 radical (unpaired) electrons. The second-order valence-electron chi connectivity index (χ2n) is 6.16. The summed E-state index contributed by atoms with van der Waals surface area (Å²) < 4.78 is 0. The molecule has 0 saturated heterocycles. The van der Waals surface area contributed by atoms with Gasteiger partial charge >= 0.3 is 0 Å². The molecule has 1 aliphatic rings. The van der Waals surface area contributed by atoms with Crippen LogP contribution >= 0.6 is 0 Å². The summed E-state index contributed by atoms with van der Waals surface area (Å²) in [5.41, 5.74) is 5.63. The van der Waals surface area contributed by atoms with Crippen molar-refractivity contribution in [2.75, 3.05) is 37.0 Å². The van der Waals surface area contributed by atoms with Crippen molar-refractivity contribution in [3.63, 3.8) is 0 Å². The fourth-order valence-corrected chi connectivity index (χ4v) is 2.98. The second-order valence-corrected chi connectivity index (χ2v) is 6.16. The average molecular weight is 310 g/mol. The average Bonchev–Trinajstić information content (AvgIpc) is 2.97. The van der Waals surface area contributed by atoms with Gasteiger partial charge in [0, 0.05) is 44.1 Å². The molecule has 0 atom stereocenters. The summed E-state index contributed by atoms with van der Waals surface area (Å²) in [5.74, 6) is -0.237. The molecule has 0 saturated carbocycles. The van der Waals surface area contributed by atoms with E-state index in [2.05, 4.69) is 42.1 Å². The van der Waals surface area contributed by atoms with E-state index in [0.717, 1.165) is 19.5 Å². The third-order valence-corrected chi connectivity index (χ3v) is 4.37. The van der Waals surface area contributed by atoms with Gasteiger partial charge in [-0.2, -0.15) is 0 Å². The van der Waals surface area contributed by atoms with Gasteiger partial charge in [0.05, 0.1) is 0 Å². The molecule has 0 aliphatic carbocycles. The van der Waals surface area contributed by atoms with Crippen LogP contribution in [0.15, 0.2) is 42.5 Å². The first-order valence-electron chi connectivity index (χ1n) is 7.86. The highest BCUT2D eigenvalue weighted by Crippen LogP contribution is 2.32. The van der Waals surface area contributed by atoms with Gasteiger partial charge in [-0.15, -0.1) is 0 Å². The molecular weight excluding hydrogens is 288 g/mol. The number of nitrogens with zero attached hydrogens (tertiary/aromatic N) is 2. The Hall–Kier alpha value is -2.33. The minimum atomic E-state index is -0.438. The maximum absolute atomic E-state index is 11.5. The monoisotopic (exact) mass is 310 g/mol. The number of aliphatic hydroxyl groups is 1. The van der Waals surface area contributed by atoms with Crippen molar-refractivity contribution in [1.29, 1.82) is 0 Å². The summed E-state index contributed by atoms with van der Waals surface area (Å²) in [7, 11) is 4.11. The molecule has 1 aliphatic heterocycles. The van der Waals surface area contributed by atoms with Gasteiger partial charge in [0.1, 0.15) is 6.61 Å². The molecule has 2 aromatic carbocycles. The van der Waals surface area contributed by atoms with Crippen LogP contribution in [0.5, 0.6) is 0 Å². The van der Waals surface area contributed by atoms with Gasteiger partial charge in [-0.1, -0.05) is 30.3 Å². The summed E-state index contributed by atoms with van der Waals surface area (Å²) >= 11 is 0. The maximum atomic E-state index is 11.5. The zero-order valence-electron chi connectivity index (χ0n) is 13.6. The lowest BCUT2D eigenvalue weighted by molar-refractivity contribution is 0.0903. The minimum Gasteiger partial charge on any atom is -0.388 e. The first-order chi connectivity index (χ1) is 11.1. The number of Topliss-reactive ketones (excluding diaryl/α,β-unsaturated/α-hetero) is 1. The topological polar surface area (TPSA) is 43.8 Å². The van der Waals surface area contributed by atoms with Crippen LogP contribution in [0.3, 0.4) is 0 Å². The molecule has 0 bridgehead atoms. The molecule has 4 nitrogen and oxygen atoms in total. The molecule has 0 aromatic heterocycles. The lowest BCUT2D eigenvalue weighted by atomic mass is 10.1. The van der Waals surface area contributed by atoms with Gasteiger partial charge in [-0.05, 0) is 29.7 Å². The summed E-state index contributed by atoms with van der Waals surface area (Å²) in [6, 6.07) is 14.1. The van der Waals surface area contributed by atoms with Crippen molar-refractivity contribution in [3.8, 4) is 0 Å². The number of benzene rings is 2. The fourth-order valence-electron chi connectivity index (χ4n) is 2.98. The van der Waals surface area contributed by atoms with Crippen molar-refractivity contribution in [1.82, 2.24) is 0 Å². The lowest BCUT2D eigenvalue weighted by Gasteiger charge is -2.22. The van der Waals surface area contributed by atoms with Crippen LogP contribution in [-0.2, 0) is 13.0 Å². The first-order valence-corrected chi connectivity index (χ1v) is 7.86. The Bertz CT molecular complexity index is 708. The third-order valence-electron chi connectivity index (χ3n) is 4.37. The van der Waals surface area contributed by atoms with Crippen molar-refractivity contribution in [3.05, 3.63) is 59.2 Å². The van der Waals surface area contributed by atoms with Crippen molar-refractivity contribution in [2.24, 2.45) is 0 Å². The summed E-state index contributed by atoms with van der Waals surface area (Å²) in [4.78, 5) is 16.0. The predicted molar refractivity (Wildman–Crippen MR) is 93.4 cm³/mol. The Kier molecular flexibility index (Phi) is 4.35. The molecule has 1 heterocycles. The molecule has 2 aromatic rings. The van der Waals surface area contributed by atoms with Crippen molar-refractivity contribution in [2.45, 2.75) is 13.0 Å². The van der Waals surface area contributed by atoms with Crippen LogP contribution in [0.25, 0.3) is 0 Å². The molecule has 120 valence electrons. The van der Waals surface area contributed by atoms with Gasteiger partial charge in [0.15, 0.2) is 5.78 Å². The number of anilines is 2. The number of carbonyl (C=O) groups excluding carboxylic acids is 1. The normalized spacial score (nSPS) is 13.1. The highest BCUT2D eigenvalue weighted by molar-refractivity contribution is 5.96. The predicted octanol–water partition coefficient (Wildman–Crippen LogP) is 2.49. The number of hydrogen-bond donors (Lipinski definition) is 1. The molecular formula is C19H22N2O2. The van der Waals surface area contributed by atoms with E-state index < -0.39 is 6.61 Å². The van der Waals surface area contributed by atoms with Gasteiger partial charge in [0.2, 0.25) is 0 Å². The SMILES string of the molecule is CN(C)c1ccc2c(c1)N(Cc1ccc(C(=O)CO)cc1)CC2. The highest BCUT2D eigenvalue weighted by Gasteiger charge is 2.20. The van der Waals surface area contributed by atoms with Gasteiger partial charge in [-0.3, -0.25) is 4.79 Å². The van der Waals surface area contributed by atoms with E-state index in [-0.39, 0.29) is 5.78 Å². The second kappa shape index (κ2) is 6.42. The van der Waals surface area contributed by atoms with E-state index in [0.29, 0.717) is 5.56 Å². The van der Waals surface area contributed by atoms with Crippen LogP contribution in [0.2, 0.25) is 0 Å². The number of rotatable bonds is 5. The Balaban J connectivity index is 1.78. The highest BCUT2D eigenvalue weighted by atomic mass is 16.3. The number of aliphatic hydroxyl groups excluding tert-OH is 1. The van der Waals surface area contributed by atoms with Gasteiger partial charge < -0.3 is 14.9 Å². The summed E-state index contributed by atoms with van der Waals surface area (Å²) in [5, 5.41) is 8.91. The van der Waals surface area contributed by atoms with Crippen LogP contribution in [0.4, 0.5) is 11.4 Å². The molecule has 4 heteroatoms. The lowest BCUT2D eigenvalue weighted by Crippen LogP contribution is -2.20. The van der Waals surface area contributed by atoms with Crippen LogP contribution in [0, 0.1) is 0 Å². The Morgan fingerprint density at radius 3 is 2.57 bits per heavy atom. The summed E-state index contributed by atoms with van der Waals surface area (Å²) in [6.45, 7) is 1.41. The molecule has 23 heavy (non-hydrogen) atoms. The van der Waals surface area contributed by atoms with Crippen LogP contribution in [-0.4, -0.2) is 38.1 Å². The summed E-state index contributed by atoms with van der Waals surface area (Å²) in [6.07, 6.45) is 1.07. The van der Waals surface area contributed by atoms with Crippen LogP contribution in [0.1, 0.15) is 21.5 Å².